The van der Waals surface area contributed by atoms with Gasteiger partial charge in [0, 0.05) is 6.20 Å². The molecular formula is C14H17N3O2S. The topological polar surface area (TPSA) is 71.1 Å². The molecule has 2 aromatic rings. The van der Waals surface area contributed by atoms with Gasteiger partial charge in [0.15, 0.2) is 0 Å². The first-order valence-electron chi connectivity index (χ1n) is 6.21. The third-order valence-electron chi connectivity index (χ3n) is 3.01. The lowest BCUT2D eigenvalue weighted by Gasteiger charge is -2.12. The van der Waals surface area contributed by atoms with Crippen LogP contribution in [0.15, 0.2) is 47.5 Å². The van der Waals surface area contributed by atoms with Crippen molar-refractivity contribution in [3.05, 3.63) is 53.9 Å². The van der Waals surface area contributed by atoms with Crippen molar-refractivity contribution in [1.29, 1.82) is 0 Å². The third kappa shape index (κ3) is 3.15. The first-order valence-corrected chi connectivity index (χ1v) is 7.70. The SMILES string of the molecule is CNS(=O)(=O)c1ccccc1NCc1ncccc1C. The summed E-state index contributed by atoms with van der Waals surface area (Å²) in [4.78, 5) is 4.51. The van der Waals surface area contributed by atoms with E-state index in [-0.39, 0.29) is 4.90 Å². The van der Waals surface area contributed by atoms with Gasteiger partial charge in [0.1, 0.15) is 4.90 Å². The van der Waals surface area contributed by atoms with Gasteiger partial charge in [0.05, 0.1) is 17.9 Å². The lowest BCUT2D eigenvalue weighted by atomic mass is 10.2. The van der Waals surface area contributed by atoms with Gasteiger partial charge in [-0.1, -0.05) is 18.2 Å². The number of aromatic nitrogens is 1. The second-order valence-electron chi connectivity index (χ2n) is 4.32. The van der Waals surface area contributed by atoms with Crippen LogP contribution in [0.1, 0.15) is 11.3 Å². The largest absolute Gasteiger partial charge is 0.378 e. The molecule has 0 spiro atoms. The van der Waals surface area contributed by atoms with Crippen LogP contribution in [0.4, 0.5) is 5.69 Å². The highest BCUT2D eigenvalue weighted by atomic mass is 32.2. The van der Waals surface area contributed by atoms with E-state index < -0.39 is 10.0 Å². The number of hydrogen-bond acceptors (Lipinski definition) is 4. The minimum Gasteiger partial charge on any atom is -0.378 e. The molecule has 0 unspecified atom stereocenters. The van der Waals surface area contributed by atoms with Crippen molar-refractivity contribution in [3.8, 4) is 0 Å². The number of nitrogens with one attached hydrogen (secondary N) is 2. The average molecular weight is 291 g/mol. The molecule has 20 heavy (non-hydrogen) atoms. The zero-order chi connectivity index (χ0) is 14.6. The van der Waals surface area contributed by atoms with Gasteiger partial charge in [-0.3, -0.25) is 4.98 Å². The van der Waals surface area contributed by atoms with E-state index in [1.165, 1.54) is 7.05 Å². The maximum atomic E-state index is 11.9. The average Bonchev–Trinajstić information content (AvgIpc) is 2.47. The Balaban J connectivity index is 2.25. The van der Waals surface area contributed by atoms with Gasteiger partial charge in [-0.15, -0.1) is 0 Å². The Morgan fingerprint density at radius 3 is 2.60 bits per heavy atom. The van der Waals surface area contributed by atoms with Crippen LogP contribution in [0.5, 0.6) is 0 Å². The molecule has 1 aromatic carbocycles. The minimum atomic E-state index is -3.48. The van der Waals surface area contributed by atoms with Gasteiger partial charge in [-0.2, -0.15) is 0 Å². The fourth-order valence-electron chi connectivity index (χ4n) is 1.84. The molecule has 1 aromatic heterocycles. The van der Waals surface area contributed by atoms with E-state index in [4.69, 9.17) is 0 Å². The molecule has 0 aliphatic heterocycles. The molecule has 0 bridgehead atoms. The minimum absolute atomic E-state index is 0.232. The number of sulfonamides is 1. The van der Waals surface area contributed by atoms with E-state index >= 15 is 0 Å². The zero-order valence-electron chi connectivity index (χ0n) is 11.4. The lowest BCUT2D eigenvalue weighted by molar-refractivity contribution is 0.588. The summed E-state index contributed by atoms with van der Waals surface area (Å²) in [5.41, 5.74) is 2.52. The summed E-state index contributed by atoms with van der Waals surface area (Å²) in [5, 5.41) is 3.13. The maximum Gasteiger partial charge on any atom is 0.242 e. The number of hydrogen-bond donors (Lipinski definition) is 2. The highest BCUT2D eigenvalue weighted by molar-refractivity contribution is 7.89. The summed E-state index contributed by atoms with van der Waals surface area (Å²) >= 11 is 0. The molecule has 0 atom stereocenters. The third-order valence-corrected chi connectivity index (χ3v) is 4.48. The van der Waals surface area contributed by atoms with Crippen molar-refractivity contribution in [3.63, 3.8) is 0 Å². The molecule has 106 valence electrons. The Hall–Kier alpha value is -1.92. The van der Waals surface area contributed by atoms with E-state index in [9.17, 15) is 8.42 Å². The van der Waals surface area contributed by atoms with Gasteiger partial charge < -0.3 is 5.32 Å². The molecule has 2 N–H and O–H groups in total. The number of pyridine rings is 1. The number of para-hydroxylation sites is 1. The van der Waals surface area contributed by atoms with Gasteiger partial charge in [0.25, 0.3) is 0 Å². The first-order chi connectivity index (χ1) is 9.54. The van der Waals surface area contributed by atoms with Crippen molar-refractivity contribution in [2.45, 2.75) is 18.4 Å². The molecule has 0 saturated heterocycles. The van der Waals surface area contributed by atoms with Crippen LogP contribution in [-0.2, 0) is 16.6 Å². The fraction of sp³-hybridized carbons (Fsp3) is 0.214. The number of rotatable bonds is 5. The summed E-state index contributed by atoms with van der Waals surface area (Å²) in [6.45, 7) is 2.45. The maximum absolute atomic E-state index is 11.9. The summed E-state index contributed by atoms with van der Waals surface area (Å²) in [6, 6.07) is 10.6. The van der Waals surface area contributed by atoms with Crippen molar-refractivity contribution in [1.82, 2.24) is 9.71 Å². The normalized spacial score (nSPS) is 11.3. The van der Waals surface area contributed by atoms with Crippen LogP contribution in [0.3, 0.4) is 0 Å². The van der Waals surface area contributed by atoms with Crippen LogP contribution in [0, 0.1) is 6.92 Å². The number of anilines is 1. The molecule has 0 aliphatic rings. The van der Waals surface area contributed by atoms with Crippen molar-refractivity contribution >= 4 is 15.7 Å². The highest BCUT2D eigenvalue weighted by Gasteiger charge is 2.15. The number of nitrogens with zero attached hydrogens (tertiary/aromatic N) is 1. The Morgan fingerprint density at radius 2 is 1.90 bits per heavy atom. The fourth-order valence-corrected chi connectivity index (χ4v) is 2.75. The van der Waals surface area contributed by atoms with Crippen molar-refractivity contribution < 1.29 is 8.42 Å². The molecule has 0 fully saturated rings. The van der Waals surface area contributed by atoms with Crippen LogP contribution in [0.2, 0.25) is 0 Å². The van der Waals surface area contributed by atoms with Crippen LogP contribution < -0.4 is 10.0 Å². The van der Waals surface area contributed by atoms with Gasteiger partial charge in [-0.05, 0) is 37.7 Å². The summed E-state index contributed by atoms with van der Waals surface area (Å²) in [7, 11) is -2.08. The van der Waals surface area contributed by atoms with E-state index in [2.05, 4.69) is 15.0 Å². The molecule has 6 heteroatoms. The Labute approximate surface area is 119 Å². The number of aryl methyl sites for hydroxylation is 1. The van der Waals surface area contributed by atoms with Crippen LogP contribution >= 0.6 is 0 Å². The second kappa shape index (κ2) is 6.02. The molecule has 0 amide bonds. The van der Waals surface area contributed by atoms with Crippen molar-refractivity contribution in [2.75, 3.05) is 12.4 Å². The summed E-state index contributed by atoms with van der Waals surface area (Å²) in [6.07, 6.45) is 1.72. The van der Waals surface area contributed by atoms with Crippen molar-refractivity contribution in [2.24, 2.45) is 0 Å². The summed E-state index contributed by atoms with van der Waals surface area (Å²) < 4.78 is 26.2. The monoisotopic (exact) mass is 291 g/mol. The van der Waals surface area contributed by atoms with Gasteiger partial charge >= 0.3 is 0 Å². The molecule has 5 nitrogen and oxygen atoms in total. The standard InChI is InChI=1S/C14H17N3O2S/c1-11-6-5-9-16-13(11)10-17-12-7-3-4-8-14(12)20(18,19)15-2/h3-9,15,17H,10H2,1-2H3. The van der Waals surface area contributed by atoms with E-state index in [1.807, 2.05) is 19.1 Å². The quantitative estimate of drug-likeness (QED) is 0.883. The van der Waals surface area contributed by atoms with Gasteiger partial charge in [0.2, 0.25) is 10.0 Å². The van der Waals surface area contributed by atoms with E-state index in [1.54, 1.807) is 30.5 Å². The molecular weight excluding hydrogens is 274 g/mol. The van der Waals surface area contributed by atoms with Crippen LogP contribution in [-0.4, -0.2) is 20.4 Å². The second-order valence-corrected chi connectivity index (χ2v) is 6.18. The van der Waals surface area contributed by atoms with Gasteiger partial charge in [-0.25, -0.2) is 13.1 Å². The Morgan fingerprint density at radius 1 is 1.15 bits per heavy atom. The molecule has 0 aliphatic carbocycles. The molecule has 0 radical (unpaired) electrons. The highest BCUT2D eigenvalue weighted by Crippen LogP contribution is 2.21. The van der Waals surface area contributed by atoms with Crippen LogP contribution in [0.25, 0.3) is 0 Å². The predicted molar refractivity (Wildman–Crippen MR) is 79.0 cm³/mol. The Kier molecular flexibility index (Phi) is 4.36. The lowest BCUT2D eigenvalue weighted by Crippen LogP contribution is -2.20. The Bertz CT molecular complexity index is 699. The summed E-state index contributed by atoms with van der Waals surface area (Å²) in [5.74, 6) is 0. The molecule has 0 saturated carbocycles. The zero-order valence-corrected chi connectivity index (χ0v) is 12.2. The van der Waals surface area contributed by atoms with E-state index in [0.29, 0.717) is 12.2 Å². The molecule has 2 rings (SSSR count). The molecule has 1 heterocycles. The smallest absolute Gasteiger partial charge is 0.242 e. The number of benzene rings is 1. The predicted octanol–water partition coefficient (Wildman–Crippen LogP) is 1.91. The first kappa shape index (κ1) is 14.5. The van der Waals surface area contributed by atoms with E-state index in [0.717, 1.165) is 11.3 Å².